The zero-order chi connectivity index (χ0) is 14.4. The summed E-state index contributed by atoms with van der Waals surface area (Å²) in [4.78, 5) is 3.69. The van der Waals surface area contributed by atoms with E-state index in [2.05, 4.69) is 69.0 Å². The molecule has 1 aromatic heterocycles. The first kappa shape index (κ1) is 16.6. The van der Waals surface area contributed by atoms with Crippen molar-refractivity contribution in [3.63, 3.8) is 0 Å². The topological polar surface area (TPSA) is 26.0 Å². The van der Waals surface area contributed by atoms with E-state index in [1.165, 1.54) is 27.8 Å². The second-order valence-corrected chi connectivity index (χ2v) is 8.83. The Labute approximate surface area is 148 Å². The van der Waals surface area contributed by atoms with Gasteiger partial charge in [0.25, 0.3) is 0 Å². The van der Waals surface area contributed by atoms with Gasteiger partial charge in [0.2, 0.25) is 0 Å². The van der Waals surface area contributed by atoms with Crippen molar-refractivity contribution in [1.82, 2.24) is 0 Å². The van der Waals surface area contributed by atoms with Crippen LogP contribution in [-0.4, -0.2) is 6.26 Å². The van der Waals surface area contributed by atoms with Gasteiger partial charge >= 0.3 is 0 Å². The molecule has 0 amide bonds. The molecule has 2 rings (SSSR count). The summed E-state index contributed by atoms with van der Waals surface area (Å²) in [6, 6.07) is 10.7. The van der Waals surface area contributed by atoms with Crippen LogP contribution >= 0.6 is 65.0 Å². The largest absolute Gasteiger partial charge is 0.326 e. The molecule has 0 aliphatic heterocycles. The van der Waals surface area contributed by atoms with Crippen molar-refractivity contribution in [3.8, 4) is 11.2 Å². The Hall–Kier alpha value is 0.220. The number of hydrogen-bond donors (Lipinski definition) is 1. The summed E-state index contributed by atoms with van der Waals surface area (Å²) < 4.78 is 1.27. The zero-order valence-corrected chi connectivity index (χ0v) is 16.1. The summed E-state index contributed by atoms with van der Waals surface area (Å²) >= 11 is 7.46. The lowest BCUT2D eigenvalue weighted by atomic mass is 10.2. The van der Waals surface area contributed by atoms with Gasteiger partial charge in [-0.05, 0) is 50.8 Å². The third-order valence-electron chi connectivity index (χ3n) is 2.41. The van der Waals surface area contributed by atoms with Crippen molar-refractivity contribution in [1.29, 1.82) is 0 Å². The summed E-state index contributed by atoms with van der Waals surface area (Å²) in [5.41, 5.74) is 6.73. The summed E-state index contributed by atoms with van der Waals surface area (Å²) in [5.74, 6) is 3.17. The van der Waals surface area contributed by atoms with Crippen LogP contribution in [-0.2, 0) is 6.54 Å². The molecule has 2 aromatic rings. The fraction of sp³-hybridized carbons (Fsp3) is 0.143. The molecule has 0 spiro atoms. The normalized spacial score (nSPS) is 10.2. The number of halogens is 1. The maximum absolute atomic E-state index is 5.66. The van der Waals surface area contributed by atoms with Gasteiger partial charge in [0.15, 0.2) is 0 Å². The third kappa shape index (κ3) is 4.90. The lowest BCUT2D eigenvalue weighted by molar-refractivity contribution is 1.11. The molecule has 1 aromatic carbocycles. The van der Waals surface area contributed by atoms with Crippen molar-refractivity contribution < 1.29 is 0 Å². The van der Waals surface area contributed by atoms with Crippen molar-refractivity contribution in [2.24, 2.45) is 5.73 Å². The van der Waals surface area contributed by atoms with Crippen LogP contribution in [0.1, 0.15) is 10.4 Å². The van der Waals surface area contributed by atoms with Crippen LogP contribution in [0.2, 0.25) is 0 Å². The zero-order valence-electron chi connectivity index (χ0n) is 10.7. The smallest absolute Gasteiger partial charge is 0.0649 e. The Kier molecular flexibility index (Phi) is 7.14. The Morgan fingerprint density at radius 3 is 2.70 bits per heavy atom. The fourth-order valence-corrected chi connectivity index (χ4v) is 4.72. The van der Waals surface area contributed by atoms with Crippen molar-refractivity contribution >= 4 is 65.0 Å². The molecule has 104 valence electrons. The molecule has 6 heteroatoms. The molecule has 2 N–H and O–H groups in total. The fourth-order valence-electron chi connectivity index (χ4n) is 1.54. The highest BCUT2D eigenvalue weighted by atomic mass is 127. The molecule has 0 saturated heterocycles. The lowest BCUT2D eigenvalue weighted by Crippen LogP contribution is -1.90. The molecule has 0 saturated carbocycles. The van der Waals surface area contributed by atoms with Crippen LogP contribution < -0.4 is 5.73 Å². The second-order valence-electron chi connectivity index (χ2n) is 3.73. The molecule has 0 aliphatic rings. The molecule has 20 heavy (non-hydrogen) atoms. The number of nitrogens with two attached hydrogens (primary N) is 1. The number of rotatable bonds is 4. The molecule has 0 radical (unpaired) electrons. The molecule has 0 unspecified atom stereocenters. The van der Waals surface area contributed by atoms with Gasteiger partial charge in [-0.1, -0.05) is 17.7 Å². The summed E-state index contributed by atoms with van der Waals surface area (Å²) in [5, 5.41) is 3.04. The van der Waals surface area contributed by atoms with Gasteiger partial charge in [0, 0.05) is 48.0 Å². The predicted molar refractivity (Wildman–Crippen MR) is 103 cm³/mol. The highest BCUT2D eigenvalue weighted by molar-refractivity contribution is 14.2. The maximum atomic E-state index is 5.66. The molecule has 0 fully saturated rings. The van der Waals surface area contributed by atoms with Gasteiger partial charge in [0.1, 0.15) is 0 Å². The first-order chi connectivity index (χ1) is 9.75. The Morgan fingerprint density at radius 1 is 1.25 bits per heavy atom. The van der Waals surface area contributed by atoms with Gasteiger partial charge in [-0.2, -0.15) is 0 Å². The van der Waals surface area contributed by atoms with E-state index in [1.807, 2.05) is 0 Å². The van der Waals surface area contributed by atoms with E-state index >= 15 is 0 Å². The Balaban J connectivity index is 2.25. The Morgan fingerprint density at radius 2 is 2.05 bits per heavy atom. The first-order valence-electron chi connectivity index (χ1n) is 5.69. The van der Waals surface area contributed by atoms with Gasteiger partial charge in [-0.3, -0.25) is 0 Å². The van der Waals surface area contributed by atoms with Crippen LogP contribution in [0.5, 0.6) is 0 Å². The number of thiophene rings is 1. The average molecular weight is 449 g/mol. The average Bonchev–Trinajstić information content (AvgIpc) is 2.92. The van der Waals surface area contributed by atoms with E-state index in [9.17, 15) is 0 Å². The second kappa shape index (κ2) is 8.61. The maximum Gasteiger partial charge on any atom is 0.0649 e. The summed E-state index contributed by atoms with van der Waals surface area (Å²) in [7, 11) is 1.51. The van der Waals surface area contributed by atoms with Crippen LogP contribution in [0.25, 0.3) is 0 Å². The minimum Gasteiger partial charge on any atom is -0.326 e. The SMILES string of the molecule is CSc1cc(C#CSI)cc(Sc2ccc(CN)s2)c1. The first-order valence-corrected chi connectivity index (χ1v) is 11.9. The van der Waals surface area contributed by atoms with Crippen molar-refractivity contribution in [2.75, 3.05) is 6.26 Å². The van der Waals surface area contributed by atoms with E-state index < -0.39 is 0 Å². The minimum absolute atomic E-state index is 0.611. The molecule has 0 aliphatic carbocycles. The summed E-state index contributed by atoms with van der Waals surface area (Å²) in [6.07, 6.45) is 2.09. The van der Waals surface area contributed by atoms with E-state index in [-0.39, 0.29) is 0 Å². The number of benzene rings is 1. The van der Waals surface area contributed by atoms with Gasteiger partial charge < -0.3 is 5.73 Å². The highest BCUT2D eigenvalue weighted by Crippen LogP contribution is 2.35. The quantitative estimate of drug-likeness (QED) is 0.380. The van der Waals surface area contributed by atoms with Crippen LogP contribution in [0.4, 0.5) is 0 Å². The summed E-state index contributed by atoms with van der Waals surface area (Å²) in [6.45, 7) is 0.611. The highest BCUT2D eigenvalue weighted by Gasteiger charge is 2.04. The molecule has 0 bridgehead atoms. The molecular formula is C14H12INS4. The van der Waals surface area contributed by atoms with E-state index in [1.54, 1.807) is 34.9 Å². The molecule has 0 atom stereocenters. The standard InChI is InChI=1S/C14H12INS4/c1-17-12-6-10(4-5-18-15)7-13(8-12)20-14-3-2-11(9-16)19-14/h2-3,6-8H,9,16H2,1H3. The number of hydrogen-bond acceptors (Lipinski definition) is 5. The van der Waals surface area contributed by atoms with Gasteiger partial charge in [-0.25, -0.2) is 0 Å². The molecule has 1 heterocycles. The molecular weight excluding hydrogens is 437 g/mol. The monoisotopic (exact) mass is 449 g/mol. The number of thioether (sulfide) groups is 1. The van der Waals surface area contributed by atoms with E-state index in [4.69, 9.17) is 5.73 Å². The van der Waals surface area contributed by atoms with E-state index in [0.717, 1.165) is 5.56 Å². The van der Waals surface area contributed by atoms with Crippen molar-refractivity contribution in [2.45, 2.75) is 20.5 Å². The Bertz CT molecular complexity index is 642. The minimum atomic E-state index is 0.611. The van der Waals surface area contributed by atoms with Crippen LogP contribution in [0.15, 0.2) is 44.3 Å². The van der Waals surface area contributed by atoms with Crippen LogP contribution in [0.3, 0.4) is 0 Å². The van der Waals surface area contributed by atoms with Crippen molar-refractivity contribution in [3.05, 3.63) is 40.8 Å². The molecule has 1 nitrogen and oxygen atoms in total. The van der Waals surface area contributed by atoms with Gasteiger partial charge in [0.05, 0.1) is 4.21 Å². The van der Waals surface area contributed by atoms with Gasteiger partial charge in [-0.15, -0.1) is 23.1 Å². The lowest BCUT2D eigenvalue weighted by Gasteiger charge is -2.03. The predicted octanol–water partition coefficient (Wildman–Crippen LogP) is 5.47. The third-order valence-corrected chi connectivity index (χ3v) is 6.16. The van der Waals surface area contributed by atoms with E-state index in [0.29, 0.717) is 6.54 Å². The van der Waals surface area contributed by atoms with Crippen LogP contribution in [0, 0.1) is 11.2 Å².